The lowest BCUT2D eigenvalue weighted by molar-refractivity contribution is 0.339. The number of hydrogen-bond donors (Lipinski definition) is 0. The third-order valence-electron chi connectivity index (χ3n) is 11.8. The molecule has 1 heterocycles. The number of rotatable bonds is 3. The molecule has 0 radical (unpaired) electrons. The molecule has 1 atom stereocenters. The van der Waals surface area contributed by atoms with Crippen molar-refractivity contribution in [1.82, 2.24) is 4.57 Å². The Labute approximate surface area is 262 Å². The van der Waals surface area contributed by atoms with Crippen LogP contribution in [-0.4, -0.2) is 4.57 Å². The summed E-state index contributed by atoms with van der Waals surface area (Å²) in [6.07, 6.45) is 30.6. The quantitative estimate of drug-likeness (QED) is 0.294. The molecule has 0 amide bonds. The van der Waals surface area contributed by atoms with Crippen molar-refractivity contribution >= 4 is 34.3 Å². The molecule has 6 aliphatic carbocycles. The van der Waals surface area contributed by atoms with Crippen molar-refractivity contribution in [2.45, 2.75) is 84.5 Å². The smallest absolute Gasteiger partial charge is 0.0537 e. The maximum atomic E-state index is 2.62. The number of fused-ring (bicyclic) bond motifs is 6. The summed E-state index contributed by atoms with van der Waals surface area (Å²) in [7, 11) is 0. The molecular weight excluding hydrogens is 530 g/mol. The van der Waals surface area contributed by atoms with Gasteiger partial charge in [0, 0.05) is 21.7 Å². The average molecular weight is 574 g/mol. The Kier molecular flexibility index (Phi) is 6.09. The number of nitrogens with zero attached hydrogens (tertiary/aromatic N) is 1. The van der Waals surface area contributed by atoms with Gasteiger partial charge < -0.3 is 4.57 Å². The normalized spacial score (nSPS) is 23.6. The molecule has 220 valence electrons. The molecule has 0 saturated carbocycles. The molecule has 2 aromatic carbocycles. The molecular formula is C43H43N. The summed E-state index contributed by atoms with van der Waals surface area (Å²) in [6.45, 7) is 5.04. The molecule has 0 N–H and O–H groups in total. The summed E-state index contributed by atoms with van der Waals surface area (Å²) in [4.78, 5) is 0. The highest BCUT2D eigenvalue weighted by molar-refractivity contribution is 5.86. The molecule has 0 aliphatic heterocycles. The van der Waals surface area contributed by atoms with Gasteiger partial charge in [-0.1, -0.05) is 86.7 Å². The van der Waals surface area contributed by atoms with E-state index in [9.17, 15) is 0 Å². The van der Waals surface area contributed by atoms with Crippen molar-refractivity contribution in [3.8, 4) is 0 Å². The van der Waals surface area contributed by atoms with Gasteiger partial charge in [0.25, 0.3) is 0 Å². The molecule has 9 rings (SSSR count). The van der Waals surface area contributed by atoms with Crippen LogP contribution in [0.5, 0.6) is 0 Å². The van der Waals surface area contributed by atoms with Gasteiger partial charge in [-0.3, -0.25) is 0 Å². The molecule has 1 aromatic heterocycles. The zero-order chi connectivity index (χ0) is 29.4. The van der Waals surface area contributed by atoms with E-state index in [1.165, 1.54) is 76.8 Å². The lowest BCUT2D eigenvalue weighted by Gasteiger charge is -2.33. The lowest BCUT2D eigenvalue weighted by Crippen LogP contribution is -2.30. The zero-order valence-corrected chi connectivity index (χ0v) is 26.4. The highest BCUT2D eigenvalue weighted by Crippen LogP contribution is 2.58. The van der Waals surface area contributed by atoms with E-state index in [0.29, 0.717) is 5.92 Å². The molecule has 3 aromatic rings. The van der Waals surface area contributed by atoms with Crippen LogP contribution < -0.4 is 10.6 Å². The minimum atomic E-state index is 0.159. The average Bonchev–Trinajstić information content (AvgIpc) is 3.53. The van der Waals surface area contributed by atoms with Crippen LogP contribution in [0.1, 0.15) is 88.3 Å². The summed E-state index contributed by atoms with van der Waals surface area (Å²) < 4.78 is 2.55. The minimum absolute atomic E-state index is 0.159. The maximum absolute atomic E-state index is 2.62. The zero-order valence-electron chi connectivity index (χ0n) is 26.4. The molecule has 1 nitrogen and oxygen atoms in total. The number of benzene rings is 2. The number of aromatic nitrogens is 1. The van der Waals surface area contributed by atoms with Crippen LogP contribution >= 0.6 is 0 Å². The lowest BCUT2D eigenvalue weighted by atomic mass is 9.70. The van der Waals surface area contributed by atoms with Crippen molar-refractivity contribution in [2.75, 3.05) is 0 Å². The Morgan fingerprint density at radius 1 is 0.727 bits per heavy atom. The van der Waals surface area contributed by atoms with E-state index in [4.69, 9.17) is 0 Å². The Balaban J connectivity index is 1.03. The third-order valence-corrected chi connectivity index (χ3v) is 11.8. The van der Waals surface area contributed by atoms with Gasteiger partial charge in [0.15, 0.2) is 0 Å². The molecule has 0 saturated heterocycles. The molecule has 0 spiro atoms. The highest BCUT2D eigenvalue weighted by Gasteiger charge is 2.45. The van der Waals surface area contributed by atoms with Gasteiger partial charge in [0.1, 0.15) is 0 Å². The number of aryl methyl sites for hydroxylation is 2. The summed E-state index contributed by atoms with van der Waals surface area (Å²) in [5.41, 5.74) is 17.1. The monoisotopic (exact) mass is 573 g/mol. The summed E-state index contributed by atoms with van der Waals surface area (Å²) in [6, 6.07) is 16.3. The Morgan fingerprint density at radius 2 is 1.55 bits per heavy atom. The molecule has 1 heteroatoms. The number of para-hydroxylation sites is 1. The standard InChI is InChI=1S/C43H43N/c1-43(2)39-26-32(29-17-21-34(22-18-29)44-41-13-7-5-11-37(41)38-12-6-8-14-42(38)44)19-23-35(39)36-24-20-33(27-40(36)43)31-16-15-28-9-3-4-10-30(28)25-31/h5,7,11-17,20-21,24-26,40H,3-4,6,8-10,18-19,22-23,27H2,1-2H3. The van der Waals surface area contributed by atoms with Crippen LogP contribution in [0.3, 0.4) is 0 Å². The van der Waals surface area contributed by atoms with Crippen molar-refractivity contribution in [1.29, 1.82) is 0 Å². The second kappa shape index (κ2) is 10.1. The molecule has 44 heavy (non-hydrogen) atoms. The van der Waals surface area contributed by atoms with Crippen molar-refractivity contribution in [3.05, 3.63) is 128 Å². The van der Waals surface area contributed by atoms with Gasteiger partial charge in [-0.2, -0.15) is 0 Å². The number of allylic oxidation sites excluding steroid dienone is 12. The van der Waals surface area contributed by atoms with Crippen LogP contribution in [-0.2, 0) is 12.8 Å². The first-order valence-corrected chi connectivity index (χ1v) is 17.2. The van der Waals surface area contributed by atoms with Gasteiger partial charge >= 0.3 is 0 Å². The van der Waals surface area contributed by atoms with Crippen LogP contribution in [0.4, 0.5) is 0 Å². The van der Waals surface area contributed by atoms with Crippen molar-refractivity contribution in [3.63, 3.8) is 0 Å². The summed E-state index contributed by atoms with van der Waals surface area (Å²) in [5.74, 6) is 0.576. The van der Waals surface area contributed by atoms with Crippen LogP contribution in [0.25, 0.3) is 34.3 Å². The predicted octanol–water partition coefficient (Wildman–Crippen LogP) is 9.52. The van der Waals surface area contributed by atoms with E-state index in [1.807, 2.05) is 0 Å². The van der Waals surface area contributed by atoms with E-state index >= 15 is 0 Å². The SMILES string of the molecule is CC1(C)C2=C(CCC(C3=CC=C(n4c5c(c6ccccc64)=CCCC=5)CC3)=C2)C2=CC=C(c3ccc4c(c3)CCCC4)CC21. The first kappa shape index (κ1) is 26.6. The third kappa shape index (κ3) is 4.04. The first-order valence-electron chi connectivity index (χ1n) is 17.2. The van der Waals surface area contributed by atoms with E-state index in [1.54, 1.807) is 39.0 Å². The van der Waals surface area contributed by atoms with Crippen molar-refractivity contribution < 1.29 is 0 Å². The molecule has 1 unspecified atom stereocenters. The topological polar surface area (TPSA) is 4.93 Å². The fourth-order valence-electron chi connectivity index (χ4n) is 9.39. The second-order valence-corrected chi connectivity index (χ2v) is 14.5. The molecule has 0 bridgehead atoms. The van der Waals surface area contributed by atoms with Gasteiger partial charge in [-0.15, -0.1) is 0 Å². The van der Waals surface area contributed by atoms with Crippen LogP contribution in [0.15, 0.2) is 101 Å². The van der Waals surface area contributed by atoms with E-state index in [0.717, 1.165) is 32.1 Å². The molecule has 0 fully saturated rings. The maximum Gasteiger partial charge on any atom is 0.0537 e. The molecule has 6 aliphatic rings. The summed E-state index contributed by atoms with van der Waals surface area (Å²) in [5, 5.41) is 4.23. The van der Waals surface area contributed by atoms with Gasteiger partial charge in [0.2, 0.25) is 0 Å². The Morgan fingerprint density at radius 3 is 2.43 bits per heavy atom. The van der Waals surface area contributed by atoms with Gasteiger partial charge in [0.05, 0.1) is 5.52 Å². The first-order chi connectivity index (χ1) is 21.6. The highest BCUT2D eigenvalue weighted by atomic mass is 15.0. The second-order valence-electron chi connectivity index (χ2n) is 14.5. The largest absolute Gasteiger partial charge is 0.313 e. The Hall–Kier alpha value is -3.84. The van der Waals surface area contributed by atoms with Gasteiger partial charge in [-0.05, 0) is 144 Å². The minimum Gasteiger partial charge on any atom is -0.313 e. The van der Waals surface area contributed by atoms with E-state index in [2.05, 4.69) is 103 Å². The van der Waals surface area contributed by atoms with E-state index < -0.39 is 0 Å². The Bertz CT molecular complexity index is 2060. The fourth-order valence-corrected chi connectivity index (χ4v) is 9.39. The van der Waals surface area contributed by atoms with Crippen LogP contribution in [0, 0.1) is 11.3 Å². The summed E-state index contributed by atoms with van der Waals surface area (Å²) >= 11 is 0. The van der Waals surface area contributed by atoms with Crippen LogP contribution in [0.2, 0.25) is 0 Å². The van der Waals surface area contributed by atoms with Gasteiger partial charge in [-0.25, -0.2) is 0 Å². The predicted molar refractivity (Wildman–Crippen MR) is 186 cm³/mol. The van der Waals surface area contributed by atoms with E-state index in [-0.39, 0.29) is 5.41 Å². The van der Waals surface area contributed by atoms with Crippen molar-refractivity contribution in [2.24, 2.45) is 11.3 Å². The number of hydrogen-bond acceptors (Lipinski definition) is 0. The fraction of sp³-hybridized carbons (Fsp3) is 0.349.